The molecule has 0 amide bonds. The van der Waals surface area contributed by atoms with Gasteiger partial charge in [0.2, 0.25) is 10.0 Å². The standard InChI is InChI=1S/C10H15BrN2O3S/c1-12-17(15,16)5-4-13-7-8-6-9(11)2-3-10(8)14/h2-3,6,12-14H,4-5,7H2,1H3. The van der Waals surface area contributed by atoms with E-state index in [2.05, 4.69) is 26.0 Å². The summed E-state index contributed by atoms with van der Waals surface area (Å²) >= 11 is 3.30. The van der Waals surface area contributed by atoms with Crippen LogP contribution in [0.4, 0.5) is 0 Å². The van der Waals surface area contributed by atoms with Crippen molar-refractivity contribution in [2.45, 2.75) is 6.54 Å². The monoisotopic (exact) mass is 322 g/mol. The average molecular weight is 323 g/mol. The molecule has 0 fully saturated rings. The molecular weight excluding hydrogens is 308 g/mol. The fourth-order valence-electron chi connectivity index (χ4n) is 1.23. The third-order valence-electron chi connectivity index (χ3n) is 2.22. The SMILES string of the molecule is CNS(=O)(=O)CCNCc1cc(Br)ccc1O. The van der Waals surface area contributed by atoms with Gasteiger partial charge < -0.3 is 10.4 Å². The van der Waals surface area contributed by atoms with Gasteiger partial charge in [0.15, 0.2) is 0 Å². The third-order valence-corrected chi connectivity index (χ3v) is 4.07. The quantitative estimate of drug-likeness (QED) is 0.677. The molecule has 0 saturated carbocycles. The number of phenols is 1. The molecule has 0 unspecified atom stereocenters. The van der Waals surface area contributed by atoms with Crippen LogP contribution in [0.25, 0.3) is 0 Å². The van der Waals surface area contributed by atoms with Crippen molar-refractivity contribution in [3.8, 4) is 5.75 Å². The van der Waals surface area contributed by atoms with Gasteiger partial charge in [-0.1, -0.05) is 15.9 Å². The van der Waals surface area contributed by atoms with E-state index in [1.165, 1.54) is 7.05 Å². The Bertz CT molecular complexity index is 476. The minimum Gasteiger partial charge on any atom is -0.508 e. The first-order valence-electron chi connectivity index (χ1n) is 5.04. The number of benzene rings is 1. The van der Waals surface area contributed by atoms with E-state index < -0.39 is 10.0 Å². The Balaban J connectivity index is 2.44. The normalized spacial score (nSPS) is 11.6. The molecular formula is C10H15BrN2O3S. The molecule has 0 aromatic heterocycles. The van der Waals surface area contributed by atoms with Crippen molar-refractivity contribution in [3.63, 3.8) is 0 Å². The second-order valence-corrected chi connectivity index (χ2v) is 6.43. The maximum Gasteiger partial charge on any atom is 0.212 e. The topological polar surface area (TPSA) is 78.4 Å². The Hall–Kier alpha value is -0.630. The highest BCUT2D eigenvalue weighted by molar-refractivity contribution is 9.10. The van der Waals surface area contributed by atoms with Crippen LogP contribution in [0.5, 0.6) is 5.75 Å². The van der Waals surface area contributed by atoms with Crippen molar-refractivity contribution in [2.75, 3.05) is 19.3 Å². The lowest BCUT2D eigenvalue weighted by molar-refractivity contribution is 0.465. The Labute approximate surface area is 109 Å². The lowest BCUT2D eigenvalue weighted by Gasteiger charge is -2.07. The Kier molecular flexibility index (Phi) is 5.38. The molecule has 0 aliphatic heterocycles. The number of phenolic OH excluding ortho intramolecular Hbond substituents is 1. The number of aromatic hydroxyl groups is 1. The molecule has 1 rings (SSSR count). The van der Waals surface area contributed by atoms with Crippen molar-refractivity contribution < 1.29 is 13.5 Å². The third kappa shape index (κ3) is 5.03. The molecule has 7 heteroatoms. The van der Waals surface area contributed by atoms with Gasteiger partial charge in [-0.05, 0) is 25.2 Å². The first kappa shape index (κ1) is 14.4. The molecule has 5 nitrogen and oxygen atoms in total. The second-order valence-electron chi connectivity index (χ2n) is 3.47. The maximum absolute atomic E-state index is 11.1. The van der Waals surface area contributed by atoms with Crippen molar-refractivity contribution in [2.24, 2.45) is 0 Å². The van der Waals surface area contributed by atoms with Crippen molar-refractivity contribution >= 4 is 26.0 Å². The zero-order chi connectivity index (χ0) is 12.9. The number of sulfonamides is 1. The lowest BCUT2D eigenvalue weighted by atomic mass is 10.2. The predicted molar refractivity (Wildman–Crippen MR) is 70.4 cm³/mol. The highest BCUT2D eigenvalue weighted by Gasteiger charge is 2.06. The van der Waals surface area contributed by atoms with E-state index in [9.17, 15) is 13.5 Å². The second kappa shape index (κ2) is 6.34. The summed E-state index contributed by atoms with van der Waals surface area (Å²) in [5, 5.41) is 12.5. The summed E-state index contributed by atoms with van der Waals surface area (Å²) in [5.41, 5.74) is 0.723. The summed E-state index contributed by atoms with van der Waals surface area (Å²) in [6.07, 6.45) is 0. The smallest absolute Gasteiger partial charge is 0.212 e. The molecule has 1 aromatic carbocycles. The molecule has 0 aliphatic rings. The number of hydrogen-bond acceptors (Lipinski definition) is 4. The summed E-state index contributed by atoms with van der Waals surface area (Å²) in [4.78, 5) is 0. The molecule has 96 valence electrons. The molecule has 3 N–H and O–H groups in total. The highest BCUT2D eigenvalue weighted by atomic mass is 79.9. The van der Waals surface area contributed by atoms with Gasteiger partial charge in [0.1, 0.15) is 5.75 Å². The molecule has 0 heterocycles. The van der Waals surface area contributed by atoms with Crippen LogP contribution in [-0.4, -0.2) is 32.9 Å². The van der Waals surface area contributed by atoms with Crippen LogP contribution in [0.3, 0.4) is 0 Å². The summed E-state index contributed by atoms with van der Waals surface area (Å²) in [6.45, 7) is 0.750. The minimum atomic E-state index is -3.18. The summed E-state index contributed by atoms with van der Waals surface area (Å²) in [5.74, 6) is 0.204. The Morgan fingerprint density at radius 2 is 2.12 bits per heavy atom. The fraction of sp³-hybridized carbons (Fsp3) is 0.400. The van der Waals surface area contributed by atoms with Crippen LogP contribution in [0.15, 0.2) is 22.7 Å². The number of rotatable bonds is 6. The van der Waals surface area contributed by atoms with Crippen molar-refractivity contribution in [3.05, 3.63) is 28.2 Å². The molecule has 1 aromatic rings. The van der Waals surface area contributed by atoms with Gasteiger partial charge in [-0.2, -0.15) is 0 Å². The number of nitrogens with one attached hydrogen (secondary N) is 2. The molecule has 0 aliphatic carbocycles. The molecule has 0 radical (unpaired) electrons. The van der Waals surface area contributed by atoms with E-state index in [0.29, 0.717) is 13.1 Å². The zero-order valence-corrected chi connectivity index (χ0v) is 11.8. The van der Waals surface area contributed by atoms with Gasteiger partial charge in [-0.15, -0.1) is 0 Å². The van der Waals surface area contributed by atoms with Gasteiger partial charge in [0.05, 0.1) is 5.75 Å². The first-order valence-corrected chi connectivity index (χ1v) is 7.48. The maximum atomic E-state index is 11.1. The molecule has 0 bridgehead atoms. The van der Waals surface area contributed by atoms with E-state index in [1.54, 1.807) is 18.2 Å². The van der Waals surface area contributed by atoms with E-state index in [0.717, 1.165) is 10.0 Å². The van der Waals surface area contributed by atoms with Gasteiger partial charge in [-0.25, -0.2) is 13.1 Å². The molecule has 17 heavy (non-hydrogen) atoms. The fourth-order valence-corrected chi connectivity index (χ4v) is 2.25. The van der Waals surface area contributed by atoms with E-state index >= 15 is 0 Å². The minimum absolute atomic E-state index is 0.0122. The van der Waals surface area contributed by atoms with Gasteiger partial charge >= 0.3 is 0 Å². The predicted octanol–water partition coefficient (Wildman–Crippen LogP) is 0.793. The molecule has 0 saturated heterocycles. The van der Waals surface area contributed by atoms with Crippen LogP contribution >= 0.6 is 15.9 Å². The van der Waals surface area contributed by atoms with Gasteiger partial charge in [-0.3, -0.25) is 0 Å². The summed E-state index contributed by atoms with van der Waals surface area (Å²) < 4.78 is 25.4. The van der Waals surface area contributed by atoms with Crippen molar-refractivity contribution in [1.29, 1.82) is 0 Å². The Morgan fingerprint density at radius 1 is 1.41 bits per heavy atom. The van der Waals surface area contributed by atoms with Crippen LogP contribution in [-0.2, 0) is 16.6 Å². The number of hydrogen-bond donors (Lipinski definition) is 3. The zero-order valence-electron chi connectivity index (χ0n) is 9.40. The van der Waals surface area contributed by atoms with Gasteiger partial charge in [0, 0.05) is 23.1 Å². The van der Waals surface area contributed by atoms with E-state index in [-0.39, 0.29) is 11.5 Å². The highest BCUT2D eigenvalue weighted by Crippen LogP contribution is 2.21. The number of halogens is 1. The van der Waals surface area contributed by atoms with Crippen LogP contribution in [0, 0.1) is 0 Å². The van der Waals surface area contributed by atoms with Crippen LogP contribution < -0.4 is 10.0 Å². The van der Waals surface area contributed by atoms with Gasteiger partial charge in [0.25, 0.3) is 0 Å². The first-order chi connectivity index (χ1) is 7.94. The molecule has 0 spiro atoms. The van der Waals surface area contributed by atoms with E-state index in [1.807, 2.05) is 0 Å². The summed E-state index contributed by atoms with van der Waals surface area (Å²) in [6, 6.07) is 5.12. The average Bonchev–Trinajstić information content (AvgIpc) is 2.29. The van der Waals surface area contributed by atoms with Crippen LogP contribution in [0.1, 0.15) is 5.56 Å². The lowest BCUT2D eigenvalue weighted by Crippen LogP contribution is -2.29. The Morgan fingerprint density at radius 3 is 2.76 bits per heavy atom. The van der Waals surface area contributed by atoms with Crippen LogP contribution in [0.2, 0.25) is 0 Å². The van der Waals surface area contributed by atoms with E-state index in [4.69, 9.17) is 0 Å². The summed E-state index contributed by atoms with van der Waals surface area (Å²) in [7, 11) is -1.79. The largest absolute Gasteiger partial charge is 0.508 e. The molecule has 0 atom stereocenters. The van der Waals surface area contributed by atoms with Crippen molar-refractivity contribution in [1.82, 2.24) is 10.0 Å².